The van der Waals surface area contributed by atoms with Gasteiger partial charge >= 0.3 is 0 Å². The lowest BCUT2D eigenvalue weighted by Crippen LogP contribution is -1.96. The van der Waals surface area contributed by atoms with E-state index in [1.54, 1.807) is 6.20 Å². The van der Waals surface area contributed by atoms with Crippen LogP contribution in [-0.4, -0.2) is 15.0 Å². The highest BCUT2D eigenvalue weighted by Gasteiger charge is 2.15. The van der Waals surface area contributed by atoms with Crippen LogP contribution in [0.4, 0.5) is 0 Å². The zero-order valence-corrected chi connectivity index (χ0v) is 22.0. The molecule has 3 aromatic heterocycles. The Morgan fingerprint density at radius 2 is 1.22 bits per heavy atom. The first kappa shape index (κ1) is 23.3. The predicted octanol–water partition coefficient (Wildman–Crippen LogP) is 9.59. The van der Waals surface area contributed by atoms with E-state index >= 15 is 0 Å². The molecule has 4 heteroatoms. The van der Waals surface area contributed by atoms with Crippen molar-refractivity contribution in [3.8, 4) is 45.0 Å². The molecular weight excluding hydrogens is 502 g/mol. The monoisotopic (exact) mass is 525 g/mol. The van der Waals surface area contributed by atoms with Gasteiger partial charge in [-0.15, -0.1) is 0 Å². The summed E-state index contributed by atoms with van der Waals surface area (Å²) in [5.41, 5.74) is 8.64. The Labute approximate surface area is 236 Å². The lowest BCUT2D eigenvalue weighted by atomic mass is 9.99. The first-order valence-corrected chi connectivity index (χ1v) is 13.6. The second-order valence-corrected chi connectivity index (χ2v) is 10.1. The molecule has 0 saturated carbocycles. The maximum Gasteiger partial charge on any atom is 0.160 e. The van der Waals surface area contributed by atoms with Gasteiger partial charge in [0.05, 0.1) is 11.4 Å². The molecule has 0 radical (unpaired) electrons. The Kier molecular flexibility index (Phi) is 5.42. The molecular formula is C37H23N3O. The second kappa shape index (κ2) is 9.54. The van der Waals surface area contributed by atoms with E-state index in [0.29, 0.717) is 5.82 Å². The molecule has 41 heavy (non-hydrogen) atoms. The van der Waals surface area contributed by atoms with Crippen molar-refractivity contribution in [1.82, 2.24) is 15.0 Å². The van der Waals surface area contributed by atoms with Crippen LogP contribution in [0.25, 0.3) is 77.7 Å². The predicted molar refractivity (Wildman–Crippen MR) is 166 cm³/mol. The van der Waals surface area contributed by atoms with Crippen LogP contribution in [0.5, 0.6) is 0 Å². The number of para-hydroxylation sites is 1. The maximum atomic E-state index is 6.09. The number of benzene rings is 5. The third-order valence-corrected chi connectivity index (χ3v) is 7.58. The summed E-state index contributed by atoms with van der Waals surface area (Å²) < 4.78 is 6.09. The summed E-state index contributed by atoms with van der Waals surface area (Å²) in [4.78, 5) is 14.6. The fraction of sp³-hybridized carbons (Fsp3) is 0. The molecule has 3 heterocycles. The van der Waals surface area contributed by atoms with Crippen LogP contribution in [0, 0.1) is 0 Å². The zero-order chi connectivity index (χ0) is 27.2. The van der Waals surface area contributed by atoms with Gasteiger partial charge in [0.1, 0.15) is 11.2 Å². The normalized spacial score (nSPS) is 11.4. The van der Waals surface area contributed by atoms with Gasteiger partial charge in [-0.3, -0.25) is 4.98 Å². The number of pyridine rings is 1. The third-order valence-electron chi connectivity index (χ3n) is 7.58. The number of rotatable bonds is 4. The Balaban J connectivity index is 1.36. The van der Waals surface area contributed by atoms with Crippen LogP contribution < -0.4 is 0 Å². The van der Waals surface area contributed by atoms with E-state index in [-0.39, 0.29) is 0 Å². The van der Waals surface area contributed by atoms with Crippen molar-refractivity contribution in [2.24, 2.45) is 0 Å². The lowest BCUT2D eigenvalue weighted by molar-refractivity contribution is 0.669. The van der Waals surface area contributed by atoms with Crippen molar-refractivity contribution in [3.63, 3.8) is 0 Å². The van der Waals surface area contributed by atoms with E-state index in [1.165, 1.54) is 5.39 Å². The standard InChI is InChI=1S/C37H23N3O/c1-2-13-29-24(8-1)9-6-15-30(29)34-22-33(26-17-18-36-32(21-26)31-14-3-4-16-35(31)41-36)39-37(40-34)27-11-5-10-25(20-27)28-12-7-19-38-23-28/h1-23H. The number of nitrogens with zero attached hydrogens (tertiary/aromatic N) is 3. The lowest BCUT2D eigenvalue weighted by Gasteiger charge is -2.12. The summed E-state index contributed by atoms with van der Waals surface area (Å²) in [6.07, 6.45) is 3.67. The molecule has 0 bridgehead atoms. The van der Waals surface area contributed by atoms with E-state index < -0.39 is 0 Å². The van der Waals surface area contributed by atoms with Crippen LogP contribution in [0.2, 0.25) is 0 Å². The average Bonchev–Trinajstić information content (AvgIpc) is 3.43. The summed E-state index contributed by atoms with van der Waals surface area (Å²) in [7, 11) is 0. The molecule has 0 aliphatic rings. The summed E-state index contributed by atoms with van der Waals surface area (Å²) in [5.74, 6) is 0.674. The Bertz CT molecular complexity index is 2210. The molecule has 0 saturated heterocycles. The van der Waals surface area contributed by atoms with E-state index in [4.69, 9.17) is 14.4 Å². The topological polar surface area (TPSA) is 51.8 Å². The van der Waals surface area contributed by atoms with Gasteiger partial charge in [-0.1, -0.05) is 84.9 Å². The summed E-state index contributed by atoms with van der Waals surface area (Å²) in [6.45, 7) is 0. The summed E-state index contributed by atoms with van der Waals surface area (Å²) in [6, 6.07) is 43.7. The molecule has 192 valence electrons. The first-order valence-electron chi connectivity index (χ1n) is 13.6. The zero-order valence-electron chi connectivity index (χ0n) is 22.0. The Morgan fingerprint density at radius 3 is 2.15 bits per heavy atom. The quantitative estimate of drug-likeness (QED) is 0.230. The summed E-state index contributed by atoms with van der Waals surface area (Å²) >= 11 is 0. The van der Waals surface area contributed by atoms with Crippen molar-refractivity contribution < 1.29 is 4.42 Å². The van der Waals surface area contributed by atoms with Gasteiger partial charge in [0.25, 0.3) is 0 Å². The highest BCUT2D eigenvalue weighted by Crippen LogP contribution is 2.35. The summed E-state index contributed by atoms with van der Waals surface area (Å²) in [5, 5.41) is 4.50. The van der Waals surface area contributed by atoms with E-state index in [9.17, 15) is 0 Å². The van der Waals surface area contributed by atoms with E-state index in [0.717, 1.165) is 66.5 Å². The number of furan rings is 1. The van der Waals surface area contributed by atoms with Gasteiger partial charge in [0.2, 0.25) is 0 Å². The number of hydrogen-bond acceptors (Lipinski definition) is 4. The van der Waals surface area contributed by atoms with Crippen molar-refractivity contribution in [2.45, 2.75) is 0 Å². The van der Waals surface area contributed by atoms with Gasteiger partial charge in [0.15, 0.2) is 5.82 Å². The number of hydrogen-bond donors (Lipinski definition) is 0. The molecule has 0 aliphatic heterocycles. The van der Waals surface area contributed by atoms with Crippen molar-refractivity contribution >= 4 is 32.7 Å². The highest BCUT2D eigenvalue weighted by atomic mass is 16.3. The largest absolute Gasteiger partial charge is 0.456 e. The molecule has 0 fully saturated rings. The molecule has 0 amide bonds. The molecule has 0 unspecified atom stereocenters. The van der Waals surface area contributed by atoms with Crippen molar-refractivity contribution in [3.05, 3.63) is 140 Å². The first-order chi connectivity index (χ1) is 20.3. The SMILES string of the molecule is c1cncc(-c2cccc(-c3nc(-c4ccc5oc6ccccc6c5c4)cc(-c4cccc5ccccc45)n3)c2)c1. The minimum atomic E-state index is 0.674. The molecule has 8 aromatic rings. The van der Waals surface area contributed by atoms with Crippen LogP contribution >= 0.6 is 0 Å². The number of fused-ring (bicyclic) bond motifs is 4. The molecule has 0 spiro atoms. The fourth-order valence-electron chi connectivity index (χ4n) is 5.57. The van der Waals surface area contributed by atoms with Crippen LogP contribution in [0.1, 0.15) is 0 Å². The minimum absolute atomic E-state index is 0.674. The van der Waals surface area contributed by atoms with Gasteiger partial charge in [-0.2, -0.15) is 0 Å². The van der Waals surface area contributed by atoms with E-state index in [2.05, 4.69) is 102 Å². The maximum absolute atomic E-state index is 6.09. The van der Waals surface area contributed by atoms with Gasteiger partial charge in [-0.05, 0) is 58.8 Å². The van der Waals surface area contributed by atoms with Gasteiger partial charge in [0, 0.05) is 45.4 Å². The molecule has 0 N–H and O–H groups in total. The van der Waals surface area contributed by atoms with Crippen LogP contribution in [0.15, 0.2) is 144 Å². The Hall–Kier alpha value is -5.61. The Morgan fingerprint density at radius 1 is 0.463 bits per heavy atom. The second-order valence-electron chi connectivity index (χ2n) is 10.1. The molecule has 0 atom stereocenters. The molecule has 4 nitrogen and oxygen atoms in total. The third kappa shape index (κ3) is 4.14. The minimum Gasteiger partial charge on any atom is -0.456 e. The van der Waals surface area contributed by atoms with Crippen LogP contribution in [-0.2, 0) is 0 Å². The molecule has 0 aliphatic carbocycles. The van der Waals surface area contributed by atoms with E-state index in [1.807, 2.05) is 36.5 Å². The molecule has 5 aromatic carbocycles. The van der Waals surface area contributed by atoms with Crippen molar-refractivity contribution in [2.75, 3.05) is 0 Å². The fourth-order valence-corrected chi connectivity index (χ4v) is 5.57. The van der Waals surface area contributed by atoms with Crippen molar-refractivity contribution in [1.29, 1.82) is 0 Å². The smallest absolute Gasteiger partial charge is 0.160 e. The molecule has 8 rings (SSSR count). The number of aromatic nitrogens is 3. The van der Waals surface area contributed by atoms with Gasteiger partial charge in [-0.25, -0.2) is 9.97 Å². The highest BCUT2D eigenvalue weighted by molar-refractivity contribution is 6.06. The average molecular weight is 526 g/mol. The van der Waals surface area contributed by atoms with Crippen LogP contribution in [0.3, 0.4) is 0 Å². The van der Waals surface area contributed by atoms with Gasteiger partial charge < -0.3 is 4.42 Å².